The van der Waals surface area contributed by atoms with Gasteiger partial charge in [-0.1, -0.05) is 26.2 Å². The number of hydrogen-bond acceptors (Lipinski definition) is 4. The number of allylic oxidation sites excluding steroid dienone is 1. The topological polar surface area (TPSA) is 58.6 Å². The molecule has 0 heterocycles. The number of phosphoric acid groups is 1. The normalized spacial score (nSPS) is 15.6. The van der Waals surface area contributed by atoms with Crippen molar-refractivity contribution in [1.29, 1.82) is 0 Å². The van der Waals surface area contributed by atoms with Crippen LogP contribution in [0, 0.1) is 0 Å². The number of unbranched alkanes of at least 4 members (excludes halogenated alkanes) is 4. The fraction of sp³-hybridized carbons (Fsp3) is 0.846. The molecule has 6 heteroatoms. The van der Waals surface area contributed by atoms with Crippen LogP contribution in [-0.2, 0) is 13.6 Å². The summed E-state index contributed by atoms with van der Waals surface area (Å²) in [7, 11) is 1.72. The van der Waals surface area contributed by atoms with Crippen molar-refractivity contribution in [2.45, 2.75) is 39.0 Å². The van der Waals surface area contributed by atoms with Crippen LogP contribution in [-0.4, -0.2) is 38.8 Å². The van der Waals surface area contributed by atoms with E-state index in [-0.39, 0.29) is 6.61 Å². The fourth-order valence-corrected chi connectivity index (χ4v) is 1.93. The van der Waals surface area contributed by atoms with Crippen molar-refractivity contribution in [3.63, 3.8) is 0 Å². The van der Waals surface area contributed by atoms with Gasteiger partial charge in [-0.15, -0.1) is 0 Å². The third-order valence-corrected chi connectivity index (χ3v) is 3.40. The fourth-order valence-electron chi connectivity index (χ4n) is 1.33. The molecule has 0 N–H and O–H groups in total. The van der Waals surface area contributed by atoms with Crippen molar-refractivity contribution >= 4 is 7.82 Å². The Morgan fingerprint density at radius 3 is 2.47 bits per heavy atom. The molecule has 1 unspecified atom stereocenters. The van der Waals surface area contributed by atoms with Gasteiger partial charge in [-0.3, -0.25) is 4.57 Å². The van der Waals surface area contributed by atoms with Gasteiger partial charge in [0.15, 0.2) is 0 Å². The average molecular weight is 293 g/mol. The van der Waals surface area contributed by atoms with Crippen molar-refractivity contribution in [3.8, 4) is 0 Å². The standard InChI is InChI=1S/C13H28NO4P/c1-5-6-7-8-9-10-12-17-19(15,16)18-13-11-14(2,3)4/h10,12H,5-9,11,13H2,1-4H3. The first-order valence-corrected chi connectivity index (χ1v) is 8.32. The Morgan fingerprint density at radius 1 is 1.21 bits per heavy atom. The van der Waals surface area contributed by atoms with Gasteiger partial charge in [-0.2, -0.15) is 0 Å². The van der Waals surface area contributed by atoms with E-state index in [1.807, 2.05) is 21.1 Å². The Balaban J connectivity index is 3.72. The third-order valence-electron chi connectivity index (χ3n) is 2.52. The molecule has 0 spiro atoms. The highest BCUT2D eigenvalue weighted by Crippen LogP contribution is 2.38. The lowest BCUT2D eigenvalue weighted by Gasteiger charge is -2.26. The van der Waals surface area contributed by atoms with Gasteiger partial charge >= 0.3 is 7.82 Å². The monoisotopic (exact) mass is 293 g/mol. The van der Waals surface area contributed by atoms with Crippen LogP contribution in [0.1, 0.15) is 39.0 Å². The minimum Gasteiger partial charge on any atom is -0.746 e. The Labute approximate surface area is 117 Å². The Morgan fingerprint density at radius 2 is 1.89 bits per heavy atom. The molecule has 0 amide bonds. The molecule has 114 valence electrons. The largest absolute Gasteiger partial charge is 0.746 e. The zero-order chi connectivity index (χ0) is 14.8. The number of hydrogen-bond donors (Lipinski definition) is 0. The second-order valence-corrected chi connectivity index (χ2v) is 6.98. The molecule has 0 radical (unpaired) electrons. The summed E-state index contributed by atoms with van der Waals surface area (Å²) in [5.74, 6) is 0. The number of nitrogens with zero attached hydrogens (tertiary/aromatic N) is 1. The van der Waals surface area contributed by atoms with Gasteiger partial charge < -0.3 is 18.4 Å². The Bertz CT molecular complexity index is 300. The number of likely N-dealkylation sites (N-methyl/N-ethyl adjacent to an activating group) is 1. The number of quaternary nitrogens is 1. The summed E-state index contributed by atoms with van der Waals surface area (Å²) in [6, 6.07) is 0. The molecule has 0 aromatic rings. The van der Waals surface area contributed by atoms with E-state index < -0.39 is 7.82 Å². The van der Waals surface area contributed by atoms with Crippen LogP contribution in [0.3, 0.4) is 0 Å². The molecule has 1 atom stereocenters. The van der Waals surface area contributed by atoms with Crippen LogP contribution in [0.15, 0.2) is 12.3 Å². The van der Waals surface area contributed by atoms with Crippen molar-refractivity contribution in [1.82, 2.24) is 0 Å². The zero-order valence-corrected chi connectivity index (χ0v) is 13.5. The summed E-state index contributed by atoms with van der Waals surface area (Å²) in [5.41, 5.74) is 0. The summed E-state index contributed by atoms with van der Waals surface area (Å²) in [4.78, 5) is 11.4. The van der Waals surface area contributed by atoms with Gasteiger partial charge in [-0.25, -0.2) is 0 Å². The molecule has 0 rings (SSSR count). The molecule has 0 saturated heterocycles. The summed E-state index contributed by atoms with van der Waals surface area (Å²) >= 11 is 0. The predicted molar refractivity (Wildman–Crippen MR) is 75.4 cm³/mol. The van der Waals surface area contributed by atoms with E-state index in [9.17, 15) is 9.46 Å². The van der Waals surface area contributed by atoms with Crippen molar-refractivity contribution < 1.29 is 23.0 Å². The maximum atomic E-state index is 11.4. The SMILES string of the molecule is CCCCCCC=COP(=O)([O-])OCC[N+](C)(C)C. The molecule has 0 fully saturated rings. The summed E-state index contributed by atoms with van der Waals surface area (Å²) in [6.45, 7) is 2.89. The first kappa shape index (κ1) is 18.7. The second-order valence-electron chi connectivity index (χ2n) is 5.62. The first-order valence-electron chi connectivity index (χ1n) is 6.86. The molecule has 0 aliphatic rings. The van der Waals surface area contributed by atoms with Gasteiger partial charge in [0.2, 0.25) is 0 Å². The van der Waals surface area contributed by atoms with Gasteiger partial charge in [0.05, 0.1) is 27.4 Å². The highest BCUT2D eigenvalue weighted by molar-refractivity contribution is 7.45. The molecular formula is C13H28NO4P. The minimum absolute atomic E-state index is 0.134. The van der Waals surface area contributed by atoms with Crippen LogP contribution in [0.2, 0.25) is 0 Å². The summed E-state index contributed by atoms with van der Waals surface area (Å²) < 4.78 is 21.4. The van der Waals surface area contributed by atoms with Crippen LogP contribution in [0.5, 0.6) is 0 Å². The first-order chi connectivity index (χ1) is 8.77. The van der Waals surface area contributed by atoms with Crippen molar-refractivity contribution in [3.05, 3.63) is 12.3 Å². The van der Waals surface area contributed by atoms with Gasteiger partial charge in [-0.05, 0) is 18.9 Å². The number of phosphoric ester groups is 1. The molecule has 0 saturated carbocycles. The van der Waals surface area contributed by atoms with E-state index in [1.165, 1.54) is 19.1 Å². The lowest BCUT2D eigenvalue weighted by molar-refractivity contribution is -0.870. The van der Waals surface area contributed by atoms with Gasteiger partial charge in [0.1, 0.15) is 13.2 Å². The third kappa shape index (κ3) is 13.9. The molecule has 0 aliphatic heterocycles. The van der Waals surface area contributed by atoms with Crippen LogP contribution >= 0.6 is 7.82 Å². The van der Waals surface area contributed by atoms with Gasteiger partial charge in [0, 0.05) is 0 Å². The summed E-state index contributed by atoms with van der Waals surface area (Å²) in [5, 5.41) is 0. The van der Waals surface area contributed by atoms with E-state index in [4.69, 9.17) is 4.52 Å². The van der Waals surface area contributed by atoms with Gasteiger partial charge in [0.25, 0.3) is 0 Å². The second kappa shape index (κ2) is 9.54. The van der Waals surface area contributed by atoms with E-state index in [0.29, 0.717) is 11.0 Å². The molecule has 0 aromatic carbocycles. The van der Waals surface area contributed by atoms with Crippen LogP contribution in [0.4, 0.5) is 0 Å². The molecule has 19 heavy (non-hydrogen) atoms. The molecule has 0 aliphatic carbocycles. The quantitative estimate of drug-likeness (QED) is 0.254. The highest BCUT2D eigenvalue weighted by Gasteiger charge is 2.12. The highest BCUT2D eigenvalue weighted by atomic mass is 31.2. The lowest BCUT2D eigenvalue weighted by atomic mass is 10.2. The lowest BCUT2D eigenvalue weighted by Crippen LogP contribution is -2.37. The van der Waals surface area contributed by atoms with E-state index in [2.05, 4.69) is 11.4 Å². The van der Waals surface area contributed by atoms with Crippen molar-refractivity contribution in [2.75, 3.05) is 34.3 Å². The molecule has 0 bridgehead atoms. The maximum Gasteiger partial charge on any atom is 0.319 e. The zero-order valence-electron chi connectivity index (χ0n) is 12.6. The Hall–Kier alpha value is -0.350. The Kier molecular flexibility index (Phi) is 9.36. The minimum atomic E-state index is -4.19. The molecular weight excluding hydrogens is 265 g/mol. The molecule has 5 nitrogen and oxygen atoms in total. The van der Waals surface area contributed by atoms with E-state index in [1.54, 1.807) is 6.08 Å². The molecule has 0 aromatic heterocycles. The smallest absolute Gasteiger partial charge is 0.319 e. The van der Waals surface area contributed by atoms with E-state index in [0.717, 1.165) is 19.3 Å². The van der Waals surface area contributed by atoms with E-state index >= 15 is 0 Å². The maximum absolute atomic E-state index is 11.4. The average Bonchev–Trinajstić information content (AvgIpc) is 2.25. The van der Waals surface area contributed by atoms with Crippen LogP contribution in [0.25, 0.3) is 0 Å². The predicted octanol–water partition coefficient (Wildman–Crippen LogP) is 2.68. The van der Waals surface area contributed by atoms with Crippen LogP contribution < -0.4 is 4.89 Å². The van der Waals surface area contributed by atoms with Crippen molar-refractivity contribution in [2.24, 2.45) is 0 Å². The summed E-state index contributed by atoms with van der Waals surface area (Å²) in [6.07, 6.45) is 8.39. The number of rotatable bonds is 11.